The van der Waals surface area contributed by atoms with Gasteiger partial charge in [-0.3, -0.25) is 28.8 Å². The molecule has 1 fully saturated rings. The molecule has 1 saturated heterocycles. The molecule has 11 nitrogen and oxygen atoms in total. The average molecular weight is 578 g/mol. The summed E-state index contributed by atoms with van der Waals surface area (Å²) in [7, 11) is -1.56. The molecule has 188 valence electrons. The minimum Gasteiger partial charge on any atom is -0.484 e. The number of hydrogen-bond acceptors (Lipinski definition) is 8. The summed E-state index contributed by atoms with van der Waals surface area (Å²) in [4.78, 5) is 49.6. The average Bonchev–Trinajstić information content (AvgIpc) is 2.89. The Kier molecular flexibility index (Phi) is 7.79. The van der Waals surface area contributed by atoms with Crippen molar-refractivity contribution < 1.29 is 33.0 Å². The second-order valence-corrected chi connectivity index (χ2v) is 9.95. The Morgan fingerprint density at radius 1 is 1.17 bits per heavy atom. The predicted octanol–water partition coefficient (Wildman–Crippen LogP) is 1.78. The third-order valence-electron chi connectivity index (χ3n) is 5.51. The lowest BCUT2D eigenvalue weighted by Crippen LogP contribution is -2.74. The molecule has 2 aromatic rings. The van der Waals surface area contributed by atoms with E-state index in [1.807, 2.05) is 0 Å². The summed E-state index contributed by atoms with van der Waals surface area (Å²) in [6.45, 7) is -0.511. The number of amides is 2. The van der Waals surface area contributed by atoms with Gasteiger partial charge in [-0.15, -0.1) is 0 Å². The Hall–Kier alpha value is -3.58. The van der Waals surface area contributed by atoms with Crippen LogP contribution in [0, 0.1) is 10.1 Å². The van der Waals surface area contributed by atoms with Crippen molar-refractivity contribution in [1.29, 1.82) is 0 Å². The van der Waals surface area contributed by atoms with Crippen molar-refractivity contribution >= 4 is 50.2 Å². The zero-order valence-corrected chi connectivity index (χ0v) is 21.0. The van der Waals surface area contributed by atoms with E-state index in [-0.39, 0.29) is 35.7 Å². The van der Waals surface area contributed by atoms with Crippen LogP contribution in [0.5, 0.6) is 5.75 Å². The number of nitrogens with zero attached hydrogens (tertiary/aromatic N) is 2. The van der Waals surface area contributed by atoms with E-state index >= 15 is 0 Å². The molecule has 4 rings (SSSR count). The first kappa shape index (κ1) is 25.5. The van der Waals surface area contributed by atoms with Gasteiger partial charge in [0.2, 0.25) is 0 Å². The fourth-order valence-corrected chi connectivity index (χ4v) is 6.17. The molecule has 0 saturated carbocycles. The van der Waals surface area contributed by atoms with E-state index in [1.54, 1.807) is 30.3 Å². The maximum atomic E-state index is 12.9. The lowest BCUT2D eigenvalue weighted by atomic mass is 10.0. The number of fused-ring (bicyclic) bond motifs is 1. The highest BCUT2D eigenvalue weighted by Crippen LogP contribution is 2.36. The van der Waals surface area contributed by atoms with Crippen LogP contribution >= 0.6 is 15.9 Å². The maximum Gasteiger partial charge on any atom is 0.355 e. The van der Waals surface area contributed by atoms with E-state index in [4.69, 9.17) is 9.47 Å². The standard InChI is InChI=1S/C23H20BrN3O8S/c24-10-15-13-36(33)22-19(25-18(28)12-34-17-4-2-1-3-5-17)21(29)26(22)20(15)23(30)35-11-14-6-8-16(9-7-14)27(31)32/h1-9,19,22H,10-13H2,(H,25,28)/t19-,22-,36+/m1/s1. The van der Waals surface area contributed by atoms with Gasteiger partial charge in [0.05, 0.1) is 21.5 Å². The SMILES string of the molecule is O=C(COc1ccccc1)N[C@@H]1C(=O)N2C(C(=O)OCc3ccc([N+](=O)[O-])cc3)=C(CBr)C[S@](=O)[C@H]12. The Labute approximate surface area is 216 Å². The molecule has 0 unspecified atom stereocenters. The number of alkyl halides is 1. The number of para-hydroxylation sites is 1. The molecule has 2 heterocycles. The van der Waals surface area contributed by atoms with E-state index in [0.29, 0.717) is 16.9 Å². The van der Waals surface area contributed by atoms with Crippen molar-refractivity contribution in [1.82, 2.24) is 10.2 Å². The van der Waals surface area contributed by atoms with Crippen LogP contribution < -0.4 is 10.1 Å². The topological polar surface area (TPSA) is 145 Å². The number of nitrogens with one attached hydrogen (secondary N) is 1. The Morgan fingerprint density at radius 2 is 1.86 bits per heavy atom. The molecule has 36 heavy (non-hydrogen) atoms. The van der Waals surface area contributed by atoms with Crippen molar-refractivity contribution in [3.05, 3.63) is 81.5 Å². The normalized spacial score (nSPS) is 20.8. The van der Waals surface area contributed by atoms with Crippen LogP contribution in [-0.2, 0) is 36.5 Å². The van der Waals surface area contributed by atoms with Gasteiger partial charge in [0.25, 0.3) is 17.5 Å². The first-order valence-corrected chi connectivity index (χ1v) is 13.2. The number of ether oxygens (including phenoxy) is 2. The summed E-state index contributed by atoms with van der Waals surface area (Å²) in [6, 6.07) is 13.1. The van der Waals surface area contributed by atoms with Crippen LogP contribution in [0.25, 0.3) is 0 Å². The fourth-order valence-electron chi connectivity index (χ4n) is 3.76. The third-order valence-corrected chi connectivity index (χ3v) is 7.84. The first-order valence-electron chi connectivity index (χ1n) is 10.7. The molecular weight excluding hydrogens is 558 g/mol. The molecule has 1 N–H and O–H groups in total. The summed E-state index contributed by atoms with van der Waals surface area (Å²) in [5.74, 6) is -1.43. The van der Waals surface area contributed by atoms with Gasteiger partial charge >= 0.3 is 5.97 Å². The molecular formula is C23H20BrN3O8S. The second-order valence-electron chi connectivity index (χ2n) is 7.86. The van der Waals surface area contributed by atoms with E-state index in [2.05, 4.69) is 21.2 Å². The number of nitro benzene ring substituents is 1. The van der Waals surface area contributed by atoms with Gasteiger partial charge in [0.1, 0.15) is 29.5 Å². The number of carbonyl (C=O) groups excluding carboxylic acids is 3. The third kappa shape index (κ3) is 5.31. The van der Waals surface area contributed by atoms with Gasteiger partial charge in [-0.05, 0) is 35.4 Å². The molecule has 2 aliphatic heterocycles. The molecule has 0 spiro atoms. The molecule has 13 heteroatoms. The summed E-state index contributed by atoms with van der Waals surface area (Å²) >= 11 is 3.27. The quantitative estimate of drug-likeness (QED) is 0.156. The van der Waals surface area contributed by atoms with Gasteiger partial charge < -0.3 is 14.8 Å². The minimum atomic E-state index is -1.56. The summed E-state index contributed by atoms with van der Waals surface area (Å²) < 4.78 is 23.6. The number of benzene rings is 2. The number of halogens is 1. The zero-order chi connectivity index (χ0) is 25.8. The lowest BCUT2D eigenvalue weighted by Gasteiger charge is -2.49. The van der Waals surface area contributed by atoms with Crippen LogP contribution in [-0.4, -0.2) is 60.9 Å². The maximum absolute atomic E-state index is 12.9. The van der Waals surface area contributed by atoms with Crippen molar-refractivity contribution in [3.8, 4) is 5.75 Å². The van der Waals surface area contributed by atoms with Crippen LogP contribution in [0.2, 0.25) is 0 Å². The highest BCUT2D eigenvalue weighted by Gasteiger charge is 2.57. The van der Waals surface area contributed by atoms with Crippen LogP contribution in [0.3, 0.4) is 0 Å². The largest absolute Gasteiger partial charge is 0.484 e. The van der Waals surface area contributed by atoms with Gasteiger partial charge in [-0.1, -0.05) is 34.1 Å². The van der Waals surface area contributed by atoms with Crippen molar-refractivity contribution in [2.45, 2.75) is 18.0 Å². The fraction of sp³-hybridized carbons (Fsp3) is 0.261. The van der Waals surface area contributed by atoms with Crippen LogP contribution in [0.4, 0.5) is 5.69 Å². The van der Waals surface area contributed by atoms with Gasteiger partial charge in [-0.2, -0.15) is 0 Å². The van der Waals surface area contributed by atoms with Crippen molar-refractivity contribution in [3.63, 3.8) is 0 Å². The monoisotopic (exact) mass is 577 g/mol. The Balaban J connectivity index is 1.41. The summed E-state index contributed by atoms with van der Waals surface area (Å²) in [5.41, 5.74) is 0.836. The minimum absolute atomic E-state index is 0.0191. The van der Waals surface area contributed by atoms with Gasteiger partial charge in [0, 0.05) is 17.5 Å². The van der Waals surface area contributed by atoms with E-state index in [9.17, 15) is 28.7 Å². The predicted molar refractivity (Wildman–Crippen MR) is 131 cm³/mol. The number of β-lactam (4-membered cyclic amide) rings is 1. The molecule has 2 aromatic carbocycles. The highest BCUT2D eigenvalue weighted by molar-refractivity contribution is 9.09. The molecule has 0 aromatic heterocycles. The van der Waals surface area contributed by atoms with Crippen LogP contribution in [0.15, 0.2) is 65.9 Å². The van der Waals surface area contributed by atoms with Gasteiger partial charge in [0.15, 0.2) is 6.61 Å². The van der Waals surface area contributed by atoms with Gasteiger partial charge in [-0.25, -0.2) is 4.79 Å². The van der Waals surface area contributed by atoms with Crippen LogP contribution in [0.1, 0.15) is 5.56 Å². The summed E-state index contributed by atoms with van der Waals surface area (Å²) in [5, 5.41) is 12.6. The molecule has 0 bridgehead atoms. The highest BCUT2D eigenvalue weighted by atomic mass is 79.9. The van der Waals surface area contributed by atoms with E-state index < -0.39 is 44.9 Å². The van der Waals surface area contributed by atoms with Crippen molar-refractivity contribution in [2.75, 3.05) is 17.7 Å². The Bertz CT molecular complexity index is 1250. The first-order chi connectivity index (χ1) is 17.3. The summed E-state index contributed by atoms with van der Waals surface area (Å²) in [6.07, 6.45) is 0. The molecule has 2 aliphatic rings. The van der Waals surface area contributed by atoms with E-state index in [0.717, 1.165) is 4.90 Å². The second kappa shape index (κ2) is 11.0. The number of carbonyl (C=O) groups is 3. The molecule has 0 aliphatic carbocycles. The number of hydrogen-bond donors (Lipinski definition) is 1. The molecule has 2 amide bonds. The van der Waals surface area contributed by atoms with Crippen molar-refractivity contribution in [2.24, 2.45) is 0 Å². The number of rotatable bonds is 9. The smallest absolute Gasteiger partial charge is 0.355 e. The zero-order valence-electron chi connectivity index (χ0n) is 18.6. The lowest BCUT2D eigenvalue weighted by molar-refractivity contribution is -0.384. The number of non-ortho nitro benzene ring substituents is 1. The molecule has 0 radical (unpaired) electrons. The van der Waals surface area contributed by atoms with E-state index in [1.165, 1.54) is 24.3 Å². The number of esters is 1. The number of nitro groups is 1. The molecule has 3 atom stereocenters. The Morgan fingerprint density at radius 3 is 2.50 bits per heavy atom.